The fourth-order valence-electron chi connectivity index (χ4n) is 3.88. The molecule has 0 unspecified atom stereocenters. The Kier molecular flexibility index (Phi) is 4.29. The monoisotopic (exact) mass is 281 g/mol. The van der Waals surface area contributed by atoms with Gasteiger partial charge in [-0.25, -0.2) is 0 Å². The summed E-state index contributed by atoms with van der Waals surface area (Å²) in [7, 11) is 0. The van der Waals surface area contributed by atoms with E-state index >= 15 is 0 Å². The molecule has 4 fully saturated rings. The van der Waals surface area contributed by atoms with Crippen LogP contribution in [0.1, 0.15) is 26.7 Å². The lowest BCUT2D eigenvalue weighted by molar-refractivity contribution is -0.145. The molecular weight excluding hydrogens is 254 g/mol. The van der Waals surface area contributed by atoms with Crippen molar-refractivity contribution in [1.82, 2.24) is 15.1 Å². The number of ether oxygens (including phenoxy) is 1. The molecule has 20 heavy (non-hydrogen) atoms. The molecule has 4 aliphatic rings. The molecule has 0 aromatic heterocycles. The molecular formula is C15H27N3O2. The summed E-state index contributed by atoms with van der Waals surface area (Å²) in [6.45, 7) is 9.40. The van der Waals surface area contributed by atoms with Gasteiger partial charge in [0.1, 0.15) is 0 Å². The summed E-state index contributed by atoms with van der Waals surface area (Å²) in [5, 5.41) is 3.52. The Bertz CT molecular complexity index is 349. The molecule has 0 saturated carbocycles. The van der Waals surface area contributed by atoms with Gasteiger partial charge in [-0.3, -0.25) is 9.69 Å². The number of hydrogen-bond acceptors (Lipinski definition) is 4. The Morgan fingerprint density at radius 2 is 1.90 bits per heavy atom. The average molecular weight is 281 g/mol. The first-order valence-electron chi connectivity index (χ1n) is 8.00. The van der Waals surface area contributed by atoms with Crippen molar-refractivity contribution >= 4 is 5.91 Å². The van der Waals surface area contributed by atoms with Crippen molar-refractivity contribution in [2.24, 2.45) is 5.92 Å². The number of fused-ring (bicyclic) bond motifs is 4. The van der Waals surface area contributed by atoms with Crippen LogP contribution in [0, 0.1) is 5.92 Å². The maximum Gasteiger partial charge on any atom is 0.236 e. The summed E-state index contributed by atoms with van der Waals surface area (Å²) in [6.07, 6.45) is 2.87. The summed E-state index contributed by atoms with van der Waals surface area (Å²) < 4.78 is 5.71. The zero-order valence-corrected chi connectivity index (χ0v) is 12.7. The van der Waals surface area contributed by atoms with Crippen molar-refractivity contribution in [2.75, 3.05) is 39.3 Å². The molecule has 4 aliphatic heterocycles. The predicted molar refractivity (Wildman–Crippen MR) is 77.5 cm³/mol. The van der Waals surface area contributed by atoms with Gasteiger partial charge in [0.05, 0.1) is 18.8 Å². The Morgan fingerprint density at radius 1 is 1.15 bits per heavy atom. The molecule has 0 spiro atoms. The van der Waals surface area contributed by atoms with Gasteiger partial charge < -0.3 is 15.0 Å². The normalized spacial score (nSPS) is 38.8. The van der Waals surface area contributed by atoms with Crippen molar-refractivity contribution in [3.8, 4) is 0 Å². The second-order valence-electron chi connectivity index (χ2n) is 6.74. The van der Waals surface area contributed by atoms with E-state index in [0.29, 0.717) is 12.6 Å². The Labute approximate surface area is 121 Å². The number of piperidine rings is 1. The maximum absolute atomic E-state index is 12.6. The third-order valence-electron chi connectivity index (χ3n) is 4.84. The van der Waals surface area contributed by atoms with Crippen LogP contribution in [0.4, 0.5) is 0 Å². The van der Waals surface area contributed by atoms with E-state index in [1.807, 2.05) is 18.7 Å². The molecule has 4 atom stereocenters. The summed E-state index contributed by atoms with van der Waals surface area (Å²) in [5.74, 6) is 1.00. The van der Waals surface area contributed by atoms with Crippen LogP contribution in [0.25, 0.3) is 0 Å². The lowest BCUT2D eigenvalue weighted by atomic mass is 9.95. The van der Waals surface area contributed by atoms with Crippen LogP contribution in [-0.2, 0) is 9.53 Å². The highest BCUT2D eigenvalue weighted by atomic mass is 16.5. The molecule has 5 heteroatoms. The number of hydrogen-bond donors (Lipinski definition) is 1. The lowest BCUT2D eigenvalue weighted by Gasteiger charge is -2.39. The largest absolute Gasteiger partial charge is 0.372 e. The fourth-order valence-corrected chi connectivity index (χ4v) is 3.88. The minimum Gasteiger partial charge on any atom is -0.372 e. The molecule has 4 saturated heterocycles. The highest BCUT2D eigenvalue weighted by molar-refractivity contribution is 5.78. The summed E-state index contributed by atoms with van der Waals surface area (Å²) in [6, 6.07) is 0.550. The molecule has 1 N–H and O–H groups in total. The van der Waals surface area contributed by atoms with Crippen LogP contribution in [0.15, 0.2) is 0 Å². The number of morpholine rings is 1. The second kappa shape index (κ2) is 6.00. The van der Waals surface area contributed by atoms with Gasteiger partial charge in [0.15, 0.2) is 0 Å². The SMILES string of the molecule is C[C@@H]1CN(C(=O)CN2C[C@@H]3CC[C@H]2CNC3)C[C@H](C)O1. The van der Waals surface area contributed by atoms with Gasteiger partial charge in [-0.2, -0.15) is 0 Å². The Hall–Kier alpha value is -0.650. The van der Waals surface area contributed by atoms with E-state index in [4.69, 9.17) is 4.74 Å². The van der Waals surface area contributed by atoms with Crippen molar-refractivity contribution in [1.29, 1.82) is 0 Å². The van der Waals surface area contributed by atoms with E-state index in [2.05, 4.69) is 10.2 Å². The van der Waals surface area contributed by atoms with Gasteiger partial charge in [-0.15, -0.1) is 0 Å². The van der Waals surface area contributed by atoms with Crippen molar-refractivity contribution < 1.29 is 9.53 Å². The number of nitrogens with zero attached hydrogens (tertiary/aromatic N) is 2. The zero-order chi connectivity index (χ0) is 14.1. The lowest BCUT2D eigenvalue weighted by Crippen LogP contribution is -2.53. The standard InChI is InChI=1S/C15H27N3O2/c1-11-7-18(8-12(2)20-11)15(19)10-17-9-13-3-4-14(17)6-16-5-13/h11-14,16H,3-10H2,1-2H3/t11-,12+,13-,14+/m1/s1. The topological polar surface area (TPSA) is 44.8 Å². The predicted octanol–water partition coefficient (Wildman–Crippen LogP) is 0.306. The quantitative estimate of drug-likeness (QED) is 0.791. The van der Waals surface area contributed by atoms with Gasteiger partial charge in [0.2, 0.25) is 5.91 Å². The van der Waals surface area contributed by atoms with E-state index in [9.17, 15) is 4.79 Å². The summed E-state index contributed by atoms with van der Waals surface area (Å²) >= 11 is 0. The minimum absolute atomic E-state index is 0.157. The van der Waals surface area contributed by atoms with E-state index in [1.165, 1.54) is 12.8 Å². The smallest absolute Gasteiger partial charge is 0.236 e. The van der Waals surface area contributed by atoms with E-state index in [1.54, 1.807) is 0 Å². The number of nitrogens with one attached hydrogen (secondary N) is 1. The summed E-state index contributed by atoms with van der Waals surface area (Å²) in [4.78, 5) is 16.9. The molecule has 2 bridgehead atoms. The van der Waals surface area contributed by atoms with Crippen LogP contribution in [0.3, 0.4) is 0 Å². The molecule has 5 nitrogen and oxygen atoms in total. The molecule has 0 aromatic rings. The van der Waals surface area contributed by atoms with Crippen LogP contribution < -0.4 is 5.32 Å². The maximum atomic E-state index is 12.6. The minimum atomic E-state index is 0.157. The van der Waals surface area contributed by atoms with E-state index < -0.39 is 0 Å². The van der Waals surface area contributed by atoms with Crippen molar-refractivity contribution in [3.05, 3.63) is 0 Å². The first kappa shape index (κ1) is 14.3. The Balaban J connectivity index is 1.58. The van der Waals surface area contributed by atoms with Crippen LogP contribution in [-0.4, -0.2) is 73.2 Å². The first-order chi connectivity index (χ1) is 9.61. The molecule has 4 rings (SSSR count). The Morgan fingerprint density at radius 3 is 2.65 bits per heavy atom. The number of rotatable bonds is 2. The highest BCUT2D eigenvalue weighted by Crippen LogP contribution is 2.24. The number of amides is 1. The summed E-state index contributed by atoms with van der Waals surface area (Å²) in [5.41, 5.74) is 0. The van der Waals surface area contributed by atoms with Gasteiger partial charge in [-0.05, 0) is 39.2 Å². The van der Waals surface area contributed by atoms with Gasteiger partial charge in [0.25, 0.3) is 0 Å². The number of carbonyl (C=O) groups is 1. The molecule has 0 aromatic carbocycles. The fraction of sp³-hybridized carbons (Fsp3) is 0.933. The molecule has 4 heterocycles. The van der Waals surface area contributed by atoms with Gasteiger partial charge in [0, 0.05) is 32.2 Å². The van der Waals surface area contributed by atoms with Crippen molar-refractivity contribution in [2.45, 2.75) is 44.9 Å². The third-order valence-corrected chi connectivity index (χ3v) is 4.84. The van der Waals surface area contributed by atoms with Crippen LogP contribution >= 0.6 is 0 Å². The first-order valence-corrected chi connectivity index (χ1v) is 8.00. The zero-order valence-electron chi connectivity index (χ0n) is 12.7. The third kappa shape index (κ3) is 3.15. The van der Waals surface area contributed by atoms with Gasteiger partial charge >= 0.3 is 0 Å². The number of carbonyl (C=O) groups excluding carboxylic acids is 1. The molecule has 0 aliphatic carbocycles. The molecule has 114 valence electrons. The van der Waals surface area contributed by atoms with Crippen molar-refractivity contribution in [3.63, 3.8) is 0 Å². The average Bonchev–Trinajstić information content (AvgIpc) is 2.72. The van der Waals surface area contributed by atoms with Gasteiger partial charge in [-0.1, -0.05) is 0 Å². The molecule has 1 amide bonds. The van der Waals surface area contributed by atoms with E-state index in [-0.39, 0.29) is 18.1 Å². The van der Waals surface area contributed by atoms with E-state index in [0.717, 1.165) is 38.6 Å². The molecule has 0 radical (unpaired) electrons. The van der Waals surface area contributed by atoms with Crippen LogP contribution in [0.5, 0.6) is 0 Å². The second-order valence-corrected chi connectivity index (χ2v) is 6.74. The highest BCUT2D eigenvalue weighted by Gasteiger charge is 2.34. The van der Waals surface area contributed by atoms with Crippen LogP contribution in [0.2, 0.25) is 0 Å².